The average Bonchev–Trinajstić information content (AvgIpc) is 2.36. The second-order valence-electron chi connectivity index (χ2n) is 2.15. The summed E-state index contributed by atoms with van der Waals surface area (Å²) in [6, 6.07) is 12.0. The molecule has 0 heteroatoms. The SMILES string of the molecule is C.C#C.C=C.CCCC.c1ccccc1. The summed E-state index contributed by atoms with van der Waals surface area (Å²) in [6.07, 6.45) is 10.6. The van der Waals surface area contributed by atoms with Gasteiger partial charge in [-0.3, -0.25) is 0 Å². The largest absolute Gasteiger partial charge is 0.124 e. The van der Waals surface area contributed by atoms with Crippen LogP contribution in [0.1, 0.15) is 34.1 Å². The van der Waals surface area contributed by atoms with Gasteiger partial charge in [-0.15, -0.1) is 26.0 Å². The van der Waals surface area contributed by atoms with Crippen molar-refractivity contribution in [3.8, 4) is 12.8 Å². The zero-order chi connectivity index (χ0) is 11.7. The summed E-state index contributed by atoms with van der Waals surface area (Å²) in [7, 11) is 0. The summed E-state index contributed by atoms with van der Waals surface area (Å²) in [6.45, 7) is 10.4. The van der Waals surface area contributed by atoms with Gasteiger partial charge in [0.2, 0.25) is 0 Å². The molecule has 86 valence electrons. The summed E-state index contributed by atoms with van der Waals surface area (Å²) in [5.41, 5.74) is 0. The van der Waals surface area contributed by atoms with Crippen LogP contribution in [0.2, 0.25) is 0 Å². The van der Waals surface area contributed by atoms with Crippen LogP contribution in [0.25, 0.3) is 0 Å². The third kappa shape index (κ3) is 45.5. The molecule has 0 N–H and O–H groups in total. The molecule has 0 saturated carbocycles. The van der Waals surface area contributed by atoms with Crippen molar-refractivity contribution in [3.63, 3.8) is 0 Å². The molecule has 0 amide bonds. The first-order valence-electron chi connectivity index (χ1n) is 4.75. The van der Waals surface area contributed by atoms with E-state index in [9.17, 15) is 0 Å². The van der Waals surface area contributed by atoms with Gasteiger partial charge >= 0.3 is 0 Å². The molecule has 0 aliphatic rings. The van der Waals surface area contributed by atoms with Gasteiger partial charge in [0, 0.05) is 0 Å². The summed E-state index contributed by atoms with van der Waals surface area (Å²) in [5.74, 6) is 0. The Morgan fingerprint density at radius 1 is 0.733 bits per heavy atom. The Kier molecular flexibility index (Phi) is 60.9. The van der Waals surface area contributed by atoms with Crippen molar-refractivity contribution < 1.29 is 0 Å². The van der Waals surface area contributed by atoms with Crippen molar-refractivity contribution in [2.75, 3.05) is 0 Å². The normalized spacial score (nSPS) is 5.60. The lowest BCUT2D eigenvalue weighted by Crippen LogP contribution is -1.47. The molecule has 0 aromatic heterocycles. The zero-order valence-electron chi connectivity index (χ0n) is 9.45. The molecule has 1 aromatic carbocycles. The third-order valence-electron chi connectivity index (χ3n) is 1.17. The highest BCUT2D eigenvalue weighted by Crippen LogP contribution is 1.79. The predicted molar refractivity (Wildman–Crippen MR) is 74.9 cm³/mol. The average molecular weight is 206 g/mol. The van der Waals surface area contributed by atoms with Crippen LogP contribution in [-0.2, 0) is 0 Å². The zero-order valence-corrected chi connectivity index (χ0v) is 9.45. The van der Waals surface area contributed by atoms with E-state index in [4.69, 9.17) is 0 Å². The summed E-state index contributed by atoms with van der Waals surface area (Å²) < 4.78 is 0. The molecule has 0 aliphatic carbocycles. The lowest BCUT2D eigenvalue weighted by atomic mass is 10.4. The van der Waals surface area contributed by atoms with Crippen LogP contribution in [0.3, 0.4) is 0 Å². The predicted octanol–water partition coefficient (Wildman–Crippen LogP) is 5.18. The van der Waals surface area contributed by atoms with E-state index in [-0.39, 0.29) is 7.43 Å². The molecule has 0 nitrogen and oxygen atoms in total. The molecule has 0 atom stereocenters. The Balaban J connectivity index is -0.0000000601. The van der Waals surface area contributed by atoms with Crippen LogP contribution in [0.15, 0.2) is 49.6 Å². The monoisotopic (exact) mass is 206 g/mol. The molecule has 1 rings (SSSR count). The van der Waals surface area contributed by atoms with Gasteiger partial charge in [0.1, 0.15) is 0 Å². The summed E-state index contributed by atoms with van der Waals surface area (Å²) in [4.78, 5) is 0. The first-order valence-corrected chi connectivity index (χ1v) is 4.75. The quantitative estimate of drug-likeness (QED) is 0.438. The van der Waals surface area contributed by atoms with E-state index >= 15 is 0 Å². The molecule has 0 spiro atoms. The van der Waals surface area contributed by atoms with Gasteiger partial charge in [-0.2, -0.15) is 0 Å². The van der Waals surface area contributed by atoms with E-state index < -0.39 is 0 Å². The molecule has 0 saturated heterocycles. The van der Waals surface area contributed by atoms with Crippen LogP contribution in [-0.4, -0.2) is 0 Å². The highest BCUT2D eigenvalue weighted by atomic mass is 13.6. The van der Waals surface area contributed by atoms with Crippen LogP contribution in [0.5, 0.6) is 0 Å². The second kappa shape index (κ2) is 39.1. The summed E-state index contributed by atoms with van der Waals surface area (Å²) >= 11 is 0. The lowest BCUT2D eigenvalue weighted by Gasteiger charge is -1.69. The Bertz CT molecular complexity index is 133. The molecule has 0 unspecified atom stereocenters. The lowest BCUT2D eigenvalue weighted by molar-refractivity contribution is 0.886. The van der Waals surface area contributed by atoms with Crippen molar-refractivity contribution in [1.82, 2.24) is 0 Å². The van der Waals surface area contributed by atoms with E-state index in [2.05, 4.69) is 39.9 Å². The number of hydrogen-bond donors (Lipinski definition) is 0. The van der Waals surface area contributed by atoms with E-state index in [1.807, 2.05) is 36.4 Å². The Morgan fingerprint density at radius 3 is 0.933 bits per heavy atom. The minimum absolute atomic E-state index is 0. The fourth-order valence-corrected chi connectivity index (χ4v) is 0.385. The van der Waals surface area contributed by atoms with Crippen LogP contribution < -0.4 is 0 Å². The smallest absolute Gasteiger partial charge is 0.0564 e. The Labute approximate surface area is 97.0 Å². The van der Waals surface area contributed by atoms with Gasteiger partial charge < -0.3 is 0 Å². The first-order chi connectivity index (χ1) is 6.91. The molecular weight excluding hydrogens is 180 g/mol. The third-order valence-corrected chi connectivity index (χ3v) is 1.17. The number of rotatable bonds is 1. The summed E-state index contributed by atoms with van der Waals surface area (Å²) in [5, 5.41) is 0. The molecular formula is C15H26. The molecule has 0 bridgehead atoms. The van der Waals surface area contributed by atoms with E-state index in [0.29, 0.717) is 0 Å². The maximum atomic E-state index is 4.00. The van der Waals surface area contributed by atoms with Gasteiger partial charge in [0.15, 0.2) is 0 Å². The second-order valence-corrected chi connectivity index (χ2v) is 2.15. The van der Waals surface area contributed by atoms with Gasteiger partial charge in [-0.05, 0) is 0 Å². The van der Waals surface area contributed by atoms with Gasteiger partial charge in [0.05, 0.1) is 0 Å². The fourth-order valence-electron chi connectivity index (χ4n) is 0.385. The maximum absolute atomic E-state index is 4.00. The van der Waals surface area contributed by atoms with Crippen molar-refractivity contribution in [1.29, 1.82) is 0 Å². The van der Waals surface area contributed by atoms with E-state index in [1.165, 1.54) is 12.8 Å². The molecule has 0 radical (unpaired) electrons. The molecule has 0 heterocycles. The van der Waals surface area contributed by atoms with Crippen molar-refractivity contribution >= 4 is 0 Å². The number of hydrogen-bond acceptors (Lipinski definition) is 0. The number of unbranched alkanes of at least 4 members (excludes halogenated alkanes) is 1. The molecule has 0 aliphatic heterocycles. The van der Waals surface area contributed by atoms with E-state index in [0.717, 1.165) is 0 Å². The molecule has 15 heavy (non-hydrogen) atoms. The number of terminal acetylenes is 1. The van der Waals surface area contributed by atoms with Gasteiger partial charge in [-0.25, -0.2) is 0 Å². The molecule has 0 fully saturated rings. The highest BCUT2D eigenvalue weighted by Gasteiger charge is 1.58. The standard InChI is InChI=1S/C6H6.C4H10.C2H4.C2H2.CH4/c1-2-4-6-5-3-1;1-3-4-2;2*1-2;/h1-6H;3-4H2,1-2H3;1-2H2;1-2H;1H4. The Morgan fingerprint density at radius 2 is 0.867 bits per heavy atom. The fraction of sp³-hybridized carbons (Fsp3) is 0.333. The number of benzene rings is 1. The van der Waals surface area contributed by atoms with Gasteiger partial charge in [-0.1, -0.05) is 70.5 Å². The minimum atomic E-state index is 0. The van der Waals surface area contributed by atoms with Crippen LogP contribution >= 0.6 is 0 Å². The van der Waals surface area contributed by atoms with Crippen LogP contribution in [0.4, 0.5) is 0 Å². The van der Waals surface area contributed by atoms with Crippen LogP contribution in [0, 0.1) is 12.8 Å². The maximum Gasteiger partial charge on any atom is -0.0564 e. The van der Waals surface area contributed by atoms with Crippen molar-refractivity contribution in [2.45, 2.75) is 34.1 Å². The van der Waals surface area contributed by atoms with Crippen molar-refractivity contribution in [2.24, 2.45) is 0 Å². The van der Waals surface area contributed by atoms with Gasteiger partial charge in [0.25, 0.3) is 0 Å². The van der Waals surface area contributed by atoms with Crippen molar-refractivity contribution in [3.05, 3.63) is 49.6 Å². The Hall–Kier alpha value is -1.48. The first kappa shape index (κ1) is 23.4. The highest BCUT2D eigenvalue weighted by molar-refractivity contribution is 4.99. The topological polar surface area (TPSA) is 0 Å². The minimum Gasteiger partial charge on any atom is -0.124 e. The van der Waals surface area contributed by atoms with E-state index in [1.54, 1.807) is 0 Å². The molecule has 1 aromatic rings.